The van der Waals surface area contributed by atoms with Crippen molar-refractivity contribution in [2.45, 2.75) is 44.3 Å². The number of nitrogens with one attached hydrogen (secondary N) is 1. The highest BCUT2D eigenvalue weighted by Gasteiger charge is 2.30. The molecule has 1 fully saturated rings. The van der Waals surface area contributed by atoms with Crippen LogP contribution in [0, 0.1) is 12.7 Å². The highest BCUT2D eigenvalue weighted by Crippen LogP contribution is 2.39. The van der Waals surface area contributed by atoms with Crippen molar-refractivity contribution >= 4 is 23.4 Å². The molecular weight excluding hydrogens is 315 g/mol. The van der Waals surface area contributed by atoms with Gasteiger partial charge in [-0.05, 0) is 44.4 Å². The fraction of sp³-hybridized carbons (Fsp3) is 0.438. The van der Waals surface area contributed by atoms with Crippen LogP contribution in [0.25, 0.3) is 0 Å². The summed E-state index contributed by atoms with van der Waals surface area (Å²) < 4.78 is 15.6. The first kappa shape index (κ1) is 16.0. The third kappa shape index (κ3) is 3.72. The number of aryl methyl sites for hydroxylation is 1. The summed E-state index contributed by atoms with van der Waals surface area (Å²) in [6.45, 7) is 4.53. The monoisotopic (exact) mass is 334 g/mol. The number of carbonyl (C=O) groups is 1. The van der Waals surface area contributed by atoms with Crippen molar-refractivity contribution in [1.29, 1.82) is 0 Å². The van der Waals surface area contributed by atoms with Gasteiger partial charge in [0.2, 0.25) is 5.91 Å². The molecule has 1 aliphatic rings. The van der Waals surface area contributed by atoms with Gasteiger partial charge < -0.3 is 9.88 Å². The first-order valence-corrected chi connectivity index (χ1v) is 8.69. The van der Waals surface area contributed by atoms with Gasteiger partial charge in [0.15, 0.2) is 5.16 Å². The zero-order chi connectivity index (χ0) is 16.4. The van der Waals surface area contributed by atoms with Crippen LogP contribution in [-0.2, 0) is 11.3 Å². The van der Waals surface area contributed by atoms with Crippen molar-refractivity contribution in [3.05, 3.63) is 35.4 Å². The molecule has 0 aliphatic heterocycles. The van der Waals surface area contributed by atoms with Gasteiger partial charge in [0, 0.05) is 18.2 Å². The zero-order valence-corrected chi connectivity index (χ0v) is 14.0. The fourth-order valence-corrected chi connectivity index (χ4v) is 3.15. The number of carbonyl (C=O) groups excluding carboxylic acids is 1. The van der Waals surface area contributed by atoms with Crippen LogP contribution in [0.15, 0.2) is 23.4 Å². The van der Waals surface area contributed by atoms with Crippen molar-refractivity contribution in [3.8, 4) is 0 Å². The van der Waals surface area contributed by atoms with E-state index in [1.807, 2.05) is 0 Å². The lowest BCUT2D eigenvalue weighted by molar-refractivity contribution is -0.113. The summed E-state index contributed by atoms with van der Waals surface area (Å²) in [5, 5.41) is 11.9. The lowest BCUT2D eigenvalue weighted by Gasteiger charge is -2.08. The van der Waals surface area contributed by atoms with E-state index in [-0.39, 0.29) is 17.5 Å². The SMILES string of the molecule is CCn1c(SCC(=O)Nc2ccc(C)c(F)c2)nnc1C1CC1. The van der Waals surface area contributed by atoms with Crippen LogP contribution in [0.4, 0.5) is 10.1 Å². The molecule has 1 heterocycles. The van der Waals surface area contributed by atoms with Gasteiger partial charge in [-0.3, -0.25) is 4.79 Å². The maximum absolute atomic E-state index is 13.5. The summed E-state index contributed by atoms with van der Waals surface area (Å²) in [5.41, 5.74) is 1.02. The Hall–Kier alpha value is -1.89. The normalized spacial score (nSPS) is 14.0. The summed E-state index contributed by atoms with van der Waals surface area (Å²) in [4.78, 5) is 12.0. The van der Waals surface area contributed by atoms with Gasteiger partial charge >= 0.3 is 0 Å². The molecule has 1 aromatic carbocycles. The maximum Gasteiger partial charge on any atom is 0.234 e. The summed E-state index contributed by atoms with van der Waals surface area (Å²) in [6.07, 6.45) is 2.34. The largest absolute Gasteiger partial charge is 0.325 e. The van der Waals surface area contributed by atoms with Crippen LogP contribution in [-0.4, -0.2) is 26.4 Å². The molecule has 7 heteroatoms. The van der Waals surface area contributed by atoms with Crippen LogP contribution in [0.2, 0.25) is 0 Å². The number of nitrogens with zero attached hydrogens (tertiary/aromatic N) is 3. The molecular formula is C16H19FN4OS. The molecule has 5 nitrogen and oxygen atoms in total. The number of hydrogen-bond donors (Lipinski definition) is 1. The van der Waals surface area contributed by atoms with Crippen molar-refractivity contribution in [1.82, 2.24) is 14.8 Å². The second kappa shape index (κ2) is 6.70. The van der Waals surface area contributed by atoms with E-state index < -0.39 is 0 Å². The third-order valence-corrected chi connectivity index (χ3v) is 4.76. The molecule has 0 radical (unpaired) electrons. The number of aromatic nitrogens is 3. The second-order valence-corrected chi connectivity index (χ2v) is 6.60. The average Bonchev–Trinajstić information content (AvgIpc) is 3.29. The van der Waals surface area contributed by atoms with E-state index in [9.17, 15) is 9.18 Å². The molecule has 1 aliphatic carbocycles. The van der Waals surface area contributed by atoms with E-state index in [0.29, 0.717) is 17.2 Å². The quantitative estimate of drug-likeness (QED) is 0.823. The molecule has 0 bridgehead atoms. The first-order chi connectivity index (χ1) is 11.1. The van der Waals surface area contributed by atoms with E-state index in [2.05, 4.69) is 27.0 Å². The first-order valence-electron chi connectivity index (χ1n) is 7.70. The van der Waals surface area contributed by atoms with E-state index >= 15 is 0 Å². The molecule has 3 rings (SSSR count). The van der Waals surface area contributed by atoms with Gasteiger partial charge in [-0.2, -0.15) is 0 Å². The van der Waals surface area contributed by atoms with Gasteiger partial charge in [0.1, 0.15) is 11.6 Å². The second-order valence-electron chi connectivity index (χ2n) is 5.66. The van der Waals surface area contributed by atoms with E-state index in [0.717, 1.165) is 17.5 Å². The summed E-state index contributed by atoms with van der Waals surface area (Å²) in [7, 11) is 0. The van der Waals surface area contributed by atoms with Crippen LogP contribution in [0.5, 0.6) is 0 Å². The molecule has 0 saturated heterocycles. The van der Waals surface area contributed by atoms with Crippen molar-refractivity contribution in [3.63, 3.8) is 0 Å². The number of halogens is 1. The van der Waals surface area contributed by atoms with Gasteiger partial charge in [0.05, 0.1) is 5.75 Å². The number of hydrogen-bond acceptors (Lipinski definition) is 4. The Morgan fingerprint density at radius 2 is 2.22 bits per heavy atom. The Bertz CT molecular complexity index is 727. The molecule has 1 N–H and O–H groups in total. The highest BCUT2D eigenvalue weighted by atomic mass is 32.2. The van der Waals surface area contributed by atoms with Crippen LogP contribution in [0.1, 0.15) is 37.1 Å². The van der Waals surface area contributed by atoms with Crippen molar-refractivity contribution in [2.24, 2.45) is 0 Å². The van der Waals surface area contributed by atoms with E-state index in [1.165, 1.54) is 30.7 Å². The van der Waals surface area contributed by atoms with E-state index in [1.54, 1.807) is 19.1 Å². The molecule has 1 aromatic heterocycles. The number of amides is 1. The lowest BCUT2D eigenvalue weighted by Crippen LogP contribution is -2.15. The lowest BCUT2D eigenvalue weighted by atomic mass is 10.2. The molecule has 0 atom stereocenters. The Labute approximate surface area is 138 Å². The summed E-state index contributed by atoms with van der Waals surface area (Å²) in [6, 6.07) is 4.67. The van der Waals surface area contributed by atoms with Gasteiger partial charge in [-0.15, -0.1) is 10.2 Å². The van der Waals surface area contributed by atoms with Crippen molar-refractivity contribution in [2.75, 3.05) is 11.1 Å². The minimum atomic E-state index is -0.324. The smallest absolute Gasteiger partial charge is 0.234 e. The minimum Gasteiger partial charge on any atom is -0.325 e. The highest BCUT2D eigenvalue weighted by molar-refractivity contribution is 7.99. The predicted octanol–water partition coefficient (Wildman–Crippen LogP) is 3.35. The fourth-order valence-electron chi connectivity index (χ4n) is 2.35. The zero-order valence-electron chi connectivity index (χ0n) is 13.2. The minimum absolute atomic E-state index is 0.183. The van der Waals surface area contributed by atoms with Crippen LogP contribution < -0.4 is 5.32 Å². The summed E-state index contributed by atoms with van der Waals surface area (Å²) >= 11 is 1.36. The van der Waals surface area contributed by atoms with E-state index in [4.69, 9.17) is 0 Å². The Balaban J connectivity index is 1.59. The molecule has 2 aromatic rings. The number of benzene rings is 1. The van der Waals surface area contributed by atoms with Crippen molar-refractivity contribution < 1.29 is 9.18 Å². The van der Waals surface area contributed by atoms with Gasteiger partial charge in [-0.25, -0.2) is 4.39 Å². The molecule has 0 spiro atoms. The van der Waals surface area contributed by atoms with Gasteiger partial charge in [-0.1, -0.05) is 17.8 Å². The maximum atomic E-state index is 13.5. The predicted molar refractivity (Wildman–Crippen MR) is 88.2 cm³/mol. The Morgan fingerprint density at radius 3 is 2.87 bits per heavy atom. The molecule has 0 unspecified atom stereocenters. The Morgan fingerprint density at radius 1 is 1.43 bits per heavy atom. The molecule has 23 heavy (non-hydrogen) atoms. The summed E-state index contributed by atoms with van der Waals surface area (Å²) in [5.74, 6) is 1.27. The Kier molecular flexibility index (Phi) is 4.66. The third-order valence-electron chi connectivity index (χ3n) is 3.79. The van der Waals surface area contributed by atoms with Crippen LogP contribution >= 0.6 is 11.8 Å². The topological polar surface area (TPSA) is 59.8 Å². The molecule has 1 amide bonds. The number of rotatable bonds is 6. The number of anilines is 1. The van der Waals surface area contributed by atoms with Crippen LogP contribution in [0.3, 0.4) is 0 Å². The molecule has 122 valence electrons. The molecule has 1 saturated carbocycles. The average molecular weight is 334 g/mol. The standard InChI is InChI=1S/C16H19FN4OS/c1-3-21-15(11-5-6-11)19-20-16(21)23-9-14(22)18-12-7-4-10(2)13(17)8-12/h4,7-8,11H,3,5-6,9H2,1-2H3,(H,18,22). The van der Waals surface area contributed by atoms with Gasteiger partial charge in [0.25, 0.3) is 0 Å². The number of thioether (sulfide) groups is 1.